The molecule has 0 radical (unpaired) electrons. The third-order valence-corrected chi connectivity index (χ3v) is 6.74. The fraction of sp³-hybridized carbons (Fsp3) is 0.667. The molecule has 2 aliphatic rings. The Balaban J connectivity index is 0.00000300. The Bertz CT molecular complexity index is 618. The lowest BCUT2D eigenvalue weighted by atomic mass is 9.96. The van der Waals surface area contributed by atoms with Gasteiger partial charge in [-0.3, -0.25) is 9.89 Å². The van der Waals surface area contributed by atoms with E-state index in [1.54, 1.807) is 7.11 Å². The summed E-state index contributed by atoms with van der Waals surface area (Å²) in [4.78, 5) is 7.59. The average Bonchev–Trinajstić information content (AvgIpc) is 3.23. The molecule has 3 rings (SSSR count). The first kappa shape index (κ1) is 24.6. The van der Waals surface area contributed by atoms with Crippen LogP contribution in [0.1, 0.15) is 18.9 Å². The van der Waals surface area contributed by atoms with Gasteiger partial charge in [-0.05, 0) is 43.2 Å². The number of methoxy groups -OCH3 is 1. The highest BCUT2D eigenvalue weighted by Gasteiger charge is 2.40. The second kappa shape index (κ2) is 12.9. The zero-order valence-electron chi connectivity index (χ0n) is 17.6. The lowest BCUT2D eigenvalue weighted by Gasteiger charge is -2.42. The van der Waals surface area contributed by atoms with E-state index in [4.69, 9.17) is 14.5 Å². The molecule has 0 aromatic heterocycles. The van der Waals surface area contributed by atoms with Crippen LogP contribution in [0.25, 0.3) is 0 Å². The number of rotatable bonds is 8. The maximum Gasteiger partial charge on any atom is 0.191 e. The van der Waals surface area contributed by atoms with Gasteiger partial charge in [-0.2, -0.15) is 11.8 Å². The molecule has 0 amide bonds. The molecule has 0 aliphatic carbocycles. The van der Waals surface area contributed by atoms with Gasteiger partial charge in [0.25, 0.3) is 0 Å². The topological polar surface area (TPSA) is 58.1 Å². The monoisotopic (exact) mass is 534 g/mol. The van der Waals surface area contributed by atoms with Gasteiger partial charge in [0, 0.05) is 31.9 Å². The zero-order valence-corrected chi connectivity index (χ0v) is 20.8. The molecule has 1 aromatic carbocycles. The van der Waals surface area contributed by atoms with E-state index in [9.17, 15) is 0 Å². The Morgan fingerprint density at radius 3 is 2.62 bits per heavy atom. The first-order valence-corrected chi connectivity index (χ1v) is 11.5. The Labute approximate surface area is 196 Å². The molecule has 2 saturated heterocycles. The second-order valence-electron chi connectivity index (χ2n) is 7.35. The predicted molar refractivity (Wildman–Crippen MR) is 133 cm³/mol. The molecule has 1 unspecified atom stereocenters. The van der Waals surface area contributed by atoms with Crippen molar-refractivity contribution in [2.45, 2.75) is 25.3 Å². The van der Waals surface area contributed by atoms with Crippen molar-refractivity contribution >= 4 is 41.7 Å². The summed E-state index contributed by atoms with van der Waals surface area (Å²) in [6.45, 7) is 8.43. The largest absolute Gasteiger partial charge is 0.497 e. The van der Waals surface area contributed by atoms with Crippen molar-refractivity contribution in [2.75, 3.05) is 64.6 Å². The molecule has 2 aliphatic heterocycles. The van der Waals surface area contributed by atoms with Crippen LogP contribution in [-0.2, 0) is 11.2 Å². The summed E-state index contributed by atoms with van der Waals surface area (Å²) in [6.07, 6.45) is 2.17. The van der Waals surface area contributed by atoms with Crippen molar-refractivity contribution in [3.63, 3.8) is 0 Å². The molecular weight excluding hydrogens is 499 g/mol. The van der Waals surface area contributed by atoms with Gasteiger partial charge in [0.15, 0.2) is 5.96 Å². The minimum atomic E-state index is 0. The van der Waals surface area contributed by atoms with E-state index in [0.717, 1.165) is 64.1 Å². The average molecular weight is 535 g/mol. The fourth-order valence-corrected chi connectivity index (χ4v) is 5.26. The van der Waals surface area contributed by atoms with Gasteiger partial charge in [0.2, 0.25) is 0 Å². The van der Waals surface area contributed by atoms with Crippen LogP contribution in [-0.4, -0.2) is 81.0 Å². The van der Waals surface area contributed by atoms with Crippen molar-refractivity contribution in [1.29, 1.82) is 0 Å². The Morgan fingerprint density at radius 1 is 1.24 bits per heavy atom. The highest BCUT2D eigenvalue weighted by atomic mass is 127. The second-order valence-corrected chi connectivity index (χ2v) is 8.45. The highest BCUT2D eigenvalue weighted by molar-refractivity contribution is 14.0. The number of nitrogens with zero attached hydrogens (tertiary/aromatic N) is 2. The lowest BCUT2D eigenvalue weighted by Crippen LogP contribution is -2.56. The Kier molecular flexibility index (Phi) is 10.9. The normalized spacial score (nSPS) is 22.8. The number of benzene rings is 1. The molecule has 2 heterocycles. The number of morpholine rings is 1. The molecule has 0 spiro atoms. The molecule has 0 saturated carbocycles. The van der Waals surface area contributed by atoms with Gasteiger partial charge in [-0.1, -0.05) is 12.1 Å². The quantitative estimate of drug-likeness (QED) is 0.304. The van der Waals surface area contributed by atoms with Crippen molar-refractivity contribution < 1.29 is 9.47 Å². The summed E-state index contributed by atoms with van der Waals surface area (Å²) in [5.41, 5.74) is 1.48. The third kappa shape index (κ3) is 7.18. The Hall–Kier alpha value is -0.710. The van der Waals surface area contributed by atoms with E-state index < -0.39 is 0 Å². The van der Waals surface area contributed by atoms with Crippen LogP contribution in [0.2, 0.25) is 0 Å². The summed E-state index contributed by atoms with van der Waals surface area (Å²) in [5, 5.41) is 6.90. The molecule has 29 heavy (non-hydrogen) atoms. The highest BCUT2D eigenvalue weighted by Crippen LogP contribution is 2.34. The number of nitrogens with one attached hydrogen (secondary N) is 2. The van der Waals surface area contributed by atoms with Gasteiger partial charge >= 0.3 is 0 Å². The first-order chi connectivity index (χ1) is 13.8. The van der Waals surface area contributed by atoms with Crippen LogP contribution in [0.5, 0.6) is 5.75 Å². The number of hydrogen-bond acceptors (Lipinski definition) is 5. The van der Waals surface area contributed by atoms with E-state index in [-0.39, 0.29) is 29.5 Å². The number of hydrogen-bond donors (Lipinski definition) is 2. The molecule has 2 fully saturated rings. The minimum absolute atomic E-state index is 0. The predicted octanol–water partition coefficient (Wildman–Crippen LogP) is 2.62. The third-order valence-electron chi connectivity index (χ3n) is 5.51. The standard InChI is InChI=1S/C21H34N4O2S.HI/c1-3-22-20(23-10-8-18-4-6-19(26-2)7-5-18)24-16-21(9-15-28-17-21)25-11-13-27-14-12-25;/h4-7H,3,8-17H2,1-2H3,(H2,22,23,24);1H. The fourth-order valence-electron chi connectivity index (χ4n) is 3.79. The van der Waals surface area contributed by atoms with Gasteiger partial charge in [0.05, 0.1) is 32.4 Å². The van der Waals surface area contributed by atoms with E-state index in [1.807, 2.05) is 12.1 Å². The summed E-state index contributed by atoms with van der Waals surface area (Å²) in [7, 11) is 1.70. The molecule has 1 atom stereocenters. The van der Waals surface area contributed by atoms with Crippen molar-refractivity contribution in [1.82, 2.24) is 15.5 Å². The SMILES string of the molecule is CCNC(=NCC1(N2CCOCC2)CCSC1)NCCc1ccc(OC)cc1.I. The summed E-state index contributed by atoms with van der Waals surface area (Å²) in [5.74, 6) is 4.21. The van der Waals surface area contributed by atoms with E-state index in [0.29, 0.717) is 0 Å². The molecule has 164 valence electrons. The van der Waals surface area contributed by atoms with E-state index in [2.05, 4.69) is 46.4 Å². The van der Waals surface area contributed by atoms with Crippen molar-refractivity contribution in [3.05, 3.63) is 29.8 Å². The van der Waals surface area contributed by atoms with Crippen LogP contribution in [0, 0.1) is 0 Å². The Morgan fingerprint density at radius 2 is 2.00 bits per heavy atom. The van der Waals surface area contributed by atoms with E-state index >= 15 is 0 Å². The van der Waals surface area contributed by atoms with Gasteiger partial charge in [-0.15, -0.1) is 24.0 Å². The lowest BCUT2D eigenvalue weighted by molar-refractivity contribution is -0.0104. The molecule has 8 heteroatoms. The van der Waals surface area contributed by atoms with Crippen molar-refractivity contribution in [2.24, 2.45) is 4.99 Å². The molecule has 0 bridgehead atoms. The van der Waals surface area contributed by atoms with Crippen LogP contribution in [0.15, 0.2) is 29.3 Å². The van der Waals surface area contributed by atoms with Crippen LogP contribution >= 0.6 is 35.7 Å². The van der Waals surface area contributed by atoms with Crippen LogP contribution in [0.4, 0.5) is 0 Å². The van der Waals surface area contributed by atoms with Gasteiger partial charge < -0.3 is 20.1 Å². The number of aliphatic imine (C=N–C) groups is 1. The number of halogens is 1. The smallest absolute Gasteiger partial charge is 0.191 e. The first-order valence-electron chi connectivity index (χ1n) is 10.3. The summed E-state index contributed by atoms with van der Waals surface area (Å²) >= 11 is 2.06. The van der Waals surface area contributed by atoms with Crippen LogP contribution in [0.3, 0.4) is 0 Å². The maximum absolute atomic E-state index is 5.56. The molecule has 6 nitrogen and oxygen atoms in total. The van der Waals surface area contributed by atoms with Gasteiger partial charge in [-0.25, -0.2) is 0 Å². The number of thioether (sulfide) groups is 1. The maximum atomic E-state index is 5.56. The summed E-state index contributed by atoms with van der Waals surface area (Å²) in [6, 6.07) is 8.26. The molecule has 1 aromatic rings. The van der Waals surface area contributed by atoms with Crippen molar-refractivity contribution in [3.8, 4) is 5.75 Å². The number of ether oxygens (including phenoxy) is 2. The minimum Gasteiger partial charge on any atom is -0.497 e. The van der Waals surface area contributed by atoms with E-state index in [1.165, 1.54) is 23.5 Å². The molecule has 2 N–H and O–H groups in total. The summed E-state index contributed by atoms with van der Waals surface area (Å²) < 4.78 is 10.8. The number of guanidine groups is 1. The molecular formula is C21H35IN4O2S. The van der Waals surface area contributed by atoms with Gasteiger partial charge in [0.1, 0.15) is 5.75 Å². The van der Waals surface area contributed by atoms with Crippen LogP contribution < -0.4 is 15.4 Å². The zero-order chi connectivity index (χ0) is 19.7.